The summed E-state index contributed by atoms with van der Waals surface area (Å²) in [6.07, 6.45) is 0. The predicted molar refractivity (Wildman–Crippen MR) is 74.5 cm³/mol. The number of carbonyl (C=O) groups is 1. The highest BCUT2D eigenvalue weighted by molar-refractivity contribution is 7.13. The number of ether oxygens (including phenoxy) is 1. The number of esters is 1. The van der Waals surface area contributed by atoms with Crippen LogP contribution in [0.1, 0.15) is 21.7 Å². The van der Waals surface area contributed by atoms with Gasteiger partial charge in [0.2, 0.25) is 0 Å². The predicted octanol–water partition coefficient (Wildman–Crippen LogP) is 4.25. The van der Waals surface area contributed by atoms with Crippen LogP contribution >= 0.6 is 34.5 Å². The topological polar surface area (TPSA) is 31.2 Å². The molecule has 0 aliphatic carbocycles. The second-order valence-electron chi connectivity index (χ2n) is 3.77. The number of halogens is 2. The molecule has 0 unspecified atom stereocenters. The molecule has 2 aromatic rings. The van der Waals surface area contributed by atoms with Crippen LogP contribution in [0.4, 0.5) is 0 Å². The average molecular weight is 304 g/mol. The number of thiophene rings is 1. The largest absolute Gasteiger partial charge is 0.465 e. The van der Waals surface area contributed by atoms with Crippen LogP contribution in [0.2, 0.25) is 10.0 Å². The molecule has 18 heavy (non-hydrogen) atoms. The van der Waals surface area contributed by atoms with Gasteiger partial charge in [0.05, 0.1) is 22.7 Å². The molecule has 2 aromatic heterocycles. The van der Waals surface area contributed by atoms with Crippen LogP contribution < -0.4 is 0 Å². The average Bonchev–Trinajstić information content (AvgIpc) is 2.90. The summed E-state index contributed by atoms with van der Waals surface area (Å²) in [5.41, 5.74) is 2.13. The van der Waals surface area contributed by atoms with Crippen molar-refractivity contribution in [1.82, 2.24) is 4.57 Å². The molecular formula is C12H11Cl2NO2S. The molecule has 0 fully saturated rings. The summed E-state index contributed by atoms with van der Waals surface area (Å²) in [5.74, 6) is -0.369. The van der Waals surface area contributed by atoms with Gasteiger partial charge in [0.15, 0.2) is 0 Å². The first-order chi connectivity index (χ1) is 8.49. The maximum atomic E-state index is 11.7. The van der Waals surface area contributed by atoms with E-state index in [2.05, 4.69) is 0 Å². The first-order valence-corrected chi connectivity index (χ1v) is 6.81. The first-order valence-electron chi connectivity index (χ1n) is 5.18. The molecule has 0 aromatic carbocycles. The van der Waals surface area contributed by atoms with Crippen LogP contribution in [0.25, 0.3) is 5.00 Å². The van der Waals surface area contributed by atoms with E-state index in [1.165, 1.54) is 18.4 Å². The van der Waals surface area contributed by atoms with Gasteiger partial charge in [-0.15, -0.1) is 11.3 Å². The molecule has 0 aliphatic heterocycles. The maximum absolute atomic E-state index is 11.7. The van der Waals surface area contributed by atoms with Crippen molar-refractivity contribution in [1.29, 1.82) is 0 Å². The monoisotopic (exact) mass is 303 g/mol. The molecule has 0 aliphatic rings. The summed E-state index contributed by atoms with van der Waals surface area (Å²) < 4.78 is 6.64. The number of rotatable bonds is 2. The van der Waals surface area contributed by atoms with E-state index in [4.69, 9.17) is 27.9 Å². The van der Waals surface area contributed by atoms with Gasteiger partial charge in [-0.2, -0.15) is 0 Å². The zero-order valence-corrected chi connectivity index (χ0v) is 12.4. The lowest BCUT2D eigenvalue weighted by Crippen LogP contribution is -2.06. The Morgan fingerprint density at radius 1 is 1.28 bits per heavy atom. The summed E-state index contributed by atoms with van der Waals surface area (Å²) in [5, 5.41) is 3.63. The highest BCUT2D eigenvalue weighted by Crippen LogP contribution is 2.36. The third-order valence-corrected chi connectivity index (χ3v) is 4.67. The summed E-state index contributed by atoms with van der Waals surface area (Å²) >= 11 is 13.7. The van der Waals surface area contributed by atoms with E-state index in [-0.39, 0.29) is 5.97 Å². The Kier molecular flexibility index (Phi) is 3.71. The normalized spacial score (nSPS) is 10.7. The van der Waals surface area contributed by atoms with Crippen molar-refractivity contribution in [2.45, 2.75) is 13.8 Å². The fourth-order valence-corrected chi connectivity index (χ4v) is 3.24. The molecule has 0 spiro atoms. The Morgan fingerprint density at radius 2 is 1.83 bits per heavy atom. The van der Waals surface area contributed by atoms with Crippen LogP contribution in [0.3, 0.4) is 0 Å². The Labute approximate surface area is 119 Å². The van der Waals surface area contributed by atoms with Gasteiger partial charge < -0.3 is 9.30 Å². The van der Waals surface area contributed by atoms with E-state index in [0.717, 1.165) is 16.4 Å². The van der Waals surface area contributed by atoms with Crippen molar-refractivity contribution in [2.75, 3.05) is 7.11 Å². The number of nitrogens with zero attached hydrogens (tertiary/aromatic N) is 1. The fourth-order valence-electron chi connectivity index (χ4n) is 1.81. The minimum Gasteiger partial charge on any atom is -0.465 e. The molecule has 0 saturated carbocycles. The van der Waals surface area contributed by atoms with Crippen molar-refractivity contribution in [3.05, 3.63) is 38.4 Å². The van der Waals surface area contributed by atoms with Gasteiger partial charge in [-0.05, 0) is 25.3 Å². The summed E-state index contributed by atoms with van der Waals surface area (Å²) in [7, 11) is 1.36. The highest BCUT2D eigenvalue weighted by atomic mass is 35.5. The molecule has 96 valence electrons. The van der Waals surface area contributed by atoms with Crippen molar-refractivity contribution in [3.8, 4) is 5.00 Å². The molecule has 0 amide bonds. The lowest BCUT2D eigenvalue weighted by molar-refractivity contribution is 0.0601. The highest BCUT2D eigenvalue weighted by Gasteiger charge is 2.21. The standard InChI is InChI=1S/C12H11Cl2NO2S/c1-6-9(13)10(14)7(2)15(6)11-8(4-5-18-11)12(16)17-3/h4-5H,1-3H3. The Bertz CT molecular complexity index is 590. The number of aromatic nitrogens is 1. The van der Waals surface area contributed by atoms with E-state index in [1.807, 2.05) is 23.8 Å². The second kappa shape index (κ2) is 4.96. The minimum atomic E-state index is -0.369. The fraction of sp³-hybridized carbons (Fsp3) is 0.250. The van der Waals surface area contributed by atoms with Gasteiger partial charge in [-0.25, -0.2) is 4.79 Å². The van der Waals surface area contributed by atoms with Gasteiger partial charge in [-0.3, -0.25) is 0 Å². The lowest BCUT2D eigenvalue weighted by atomic mass is 10.3. The molecule has 0 radical (unpaired) electrons. The Hall–Kier alpha value is -0.970. The van der Waals surface area contributed by atoms with E-state index >= 15 is 0 Å². The minimum absolute atomic E-state index is 0.369. The quantitative estimate of drug-likeness (QED) is 0.777. The molecule has 3 nitrogen and oxygen atoms in total. The van der Waals surface area contributed by atoms with Crippen molar-refractivity contribution in [2.24, 2.45) is 0 Å². The second-order valence-corrected chi connectivity index (χ2v) is 5.42. The summed E-state index contributed by atoms with van der Waals surface area (Å²) in [6.45, 7) is 3.73. The summed E-state index contributed by atoms with van der Waals surface area (Å²) in [4.78, 5) is 11.7. The van der Waals surface area contributed by atoms with Gasteiger partial charge in [0.1, 0.15) is 5.00 Å². The smallest absolute Gasteiger partial charge is 0.340 e. The Morgan fingerprint density at radius 3 is 2.33 bits per heavy atom. The molecule has 2 heterocycles. The van der Waals surface area contributed by atoms with Crippen LogP contribution in [0, 0.1) is 13.8 Å². The number of carbonyl (C=O) groups excluding carboxylic acids is 1. The third kappa shape index (κ3) is 1.94. The molecule has 6 heteroatoms. The molecule has 0 N–H and O–H groups in total. The van der Waals surface area contributed by atoms with E-state index in [0.29, 0.717) is 15.6 Å². The number of methoxy groups -OCH3 is 1. The van der Waals surface area contributed by atoms with E-state index in [9.17, 15) is 4.79 Å². The van der Waals surface area contributed by atoms with Crippen molar-refractivity contribution in [3.63, 3.8) is 0 Å². The Balaban J connectivity index is 2.67. The third-order valence-electron chi connectivity index (χ3n) is 2.75. The zero-order valence-electron chi connectivity index (χ0n) is 10.1. The van der Waals surface area contributed by atoms with E-state index in [1.54, 1.807) is 6.07 Å². The number of hydrogen-bond acceptors (Lipinski definition) is 3. The van der Waals surface area contributed by atoms with Crippen molar-refractivity contribution >= 4 is 40.5 Å². The van der Waals surface area contributed by atoms with Gasteiger partial charge in [0, 0.05) is 11.4 Å². The van der Waals surface area contributed by atoms with Gasteiger partial charge in [0.25, 0.3) is 0 Å². The molecule has 0 saturated heterocycles. The molecule has 2 rings (SSSR count). The SMILES string of the molecule is COC(=O)c1ccsc1-n1c(C)c(Cl)c(Cl)c1C. The number of hydrogen-bond donors (Lipinski definition) is 0. The molecule has 0 bridgehead atoms. The van der Waals surface area contributed by atoms with Crippen LogP contribution in [-0.4, -0.2) is 17.6 Å². The molecule has 0 atom stereocenters. The van der Waals surface area contributed by atoms with Crippen LogP contribution in [-0.2, 0) is 4.74 Å². The van der Waals surface area contributed by atoms with Gasteiger partial charge in [-0.1, -0.05) is 23.2 Å². The van der Waals surface area contributed by atoms with E-state index < -0.39 is 0 Å². The van der Waals surface area contributed by atoms with Gasteiger partial charge >= 0.3 is 5.97 Å². The van der Waals surface area contributed by atoms with Crippen molar-refractivity contribution < 1.29 is 9.53 Å². The maximum Gasteiger partial charge on any atom is 0.340 e. The lowest BCUT2D eigenvalue weighted by Gasteiger charge is -2.08. The molecular weight excluding hydrogens is 293 g/mol. The summed E-state index contributed by atoms with van der Waals surface area (Å²) in [6, 6.07) is 1.73. The first kappa shape index (κ1) is 13.5. The van der Waals surface area contributed by atoms with Crippen LogP contribution in [0.15, 0.2) is 11.4 Å². The zero-order chi connectivity index (χ0) is 13.4. The van der Waals surface area contributed by atoms with Crippen LogP contribution in [0.5, 0.6) is 0 Å².